The first-order valence-electron chi connectivity index (χ1n) is 7.95. The number of carboxylic acids is 1. The number of hydrogen-bond acceptors (Lipinski definition) is 2. The second kappa shape index (κ2) is 6.84. The maximum Gasteiger partial charge on any atom is 0.335 e. The summed E-state index contributed by atoms with van der Waals surface area (Å²) in [4.78, 5) is 23.4. The highest BCUT2D eigenvalue weighted by atomic mass is 35.5. The van der Waals surface area contributed by atoms with Gasteiger partial charge in [0.15, 0.2) is 0 Å². The summed E-state index contributed by atoms with van der Waals surface area (Å²) in [6.07, 6.45) is 1.73. The third kappa shape index (κ3) is 3.82. The van der Waals surface area contributed by atoms with Gasteiger partial charge in [0.25, 0.3) is 0 Å². The molecule has 0 aliphatic heterocycles. The summed E-state index contributed by atoms with van der Waals surface area (Å²) in [5.74, 6) is -1.70. The Labute approximate surface area is 149 Å². The van der Waals surface area contributed by atoms with Crippen LogP contribution in [-0.4, -0.2) is 23.5 Å². The van der Waals surface area contributed by atoms with E-state index in [2.05, 4.69) is 5.32 Å². The Kier molecular flexibility index (Phi) is 4.77. The lowest BCUT2D eigenvalue weighted by Gasteiger charge is -2.18. The van der Waals surface area contributed by atoms with Crippen LogP contribution in [-0.2, 0) is 16.6 Å². The number of nitrogens with one attached hydrogen (secondary N) is 1. The maximum atomic E-state index is 13.2. The molecular weight excluding hydrogens is 345 g/mol. The normalized spacial score (nSPS) is 14.8. The molecule has 130 valence electrons. The lowest BCUT2D eigenvalue weighted by atomic mass is 9.95. The monoisotopic (exact) mass is 361 g/mol. The Bertz CT molecular complexity index is 833. The summed E-state index contributed by atoms with van der Waals surface area (Å²) in [7, 11) is 0. The molecule has 1 fully saturated rings. The van der Waals surface area contributed by atoms with Gasteiger partial charge in [-0.3, -0.25) is 4.79 Å². The number of aromatic carboxylic acids is 1. The number of carbonyl (C=O) groups excluding carboxylic acids is 1. The first-order chi connectivity index (χ1) is 11.9. The Morgan fingerprint density at radius 3 is 2.56 bits per heavy atom. The van der Waals surface area contributed by atoms with Gasteiger partial charge in [-0.05, 0) is 42.2 Å². The molecule has 0 unspecified atom stereocenters. The molecule has 0 heterocycles. The topological polar surface area (TPSA) is 66.4 Å². The molecule has 0 saturated heterocycles. The minimum absolute atomic E-state index is 0.00426. The third-order valence-electron chi connectivity index (χ3n) is 4.58. The zero-order chi connectivity index (χ0) is 18.0. The minimum Gasteiger partial charge on any atom is -0.478 e. The average Bonchev–Trinajstić information content (AvgIpc) is 3.34. The van der Waals surface area contributed by atoms with E-state index in [1.165, 1.54) is 18.2 Å². The molecule has 25 heavy (non-hydrogen) atoms. The van der Waals surface area contributed by atoms with Crippen molar-refractivity contribution < 1.29 is 19.1 Å². The zero-order valence-electron chi connectivity index (χ0n) is 13.4. The molecule has 1 aliphatic carbocycles. The van der Waals surface area contributed by atoms with E-state index in [9.17, 15) is 19.1 Å². The fraction of sp³-hybridized carbons (Fsp3) is 0.263. The molecular formula is C19H17ClFNO3. The van der Waals surface area contributed by atoms with Gasteiger partial charge in [-0.15, -0.1) is 0 Å². The first kappa shape index (κ1) is 17.4. The van der Waals surface area contributed by atoms with Crippen LogP contribution < -0.4 is 5.32 Å². The molecule has 2 N–H and O–H groups in total. The van der Waals surface area contributed by atoms with Gasteiger partial charge in [-0.25, -0.2) is 9.18 Å². The van der Waals surface area contributed by atoms with Crippen LogP contribution in [0, 0.1) is 5.82 Å². The van der Waals surface area contributed by atoms with Gasteiger partial charge in [-0.2, -0.15) is 0 Å². The van der Waals surface area contributed by atoms with E-state index in [1.54, 1.807) is 24.3 Å². The predicted molar refractivity (Wildman–Crippen MR) is 92.4 cm³/mol. The van der Waals surface area contributed by atoms with Crippen molar-refractivity contribution >= 4 is 23.5 Å². The third-order valence-corrected chi connectivity index (χ3v) is 4.89. The summed E-state index contributed by atoms with van der Waals surface area (Å²) in [6.45, 7) is 0.395. The average molecular weight is 362 g/mol. The Morgan fingerprint density at radius 2 is 1.92 bits per heavy atom. The molecule has 1 amide bonds. The lowest BCUT2D eigenvalue weighted by Crippen LogP contribution is -2.33. The quantitative estimate of drug-likeness (QED) is 0.826. The molecule has 0 atom stereocenters. The van der Waals surface area contributed by atoms with E-state index in [0.29, 0.717) is 17.1 Å². The van der Waals surface area contributed by atoms with Crippen LogP contribution in [0.2, 0.25) is 5.02 Å². The standard InChI is InChI=1S/C19H17ClFNO3/c20-16-10-13(21)5-6-15(16)19(7-8-19)11-22-17(23)9-12-3-1-2-4-14(12)18(24)25/h1-6,10H,7-9,11H2,(H,22,23)(H,24,25). The lowest BCUT2D eigenvalue weighted by molar-refractivity contribution is -0.120. The SMILES string of the molecule is O=C(Cc1ccccc1C(=O)O)NCC1(c2ccc(F)cc2Cl)CC1. The van der Waals surface area contributed by atoms with Gasteiger partial charge in [0.1, 0.15) is 5.82 Å². The van der Waals surface area contributed by atoms with Crippen LogP contribution in [0.15, 0.2) is 42.5 Å². The smallest absolute Gasteiger partial charge is 0.335 e. The highest BCUT2D eigenvalue weighted by Gasteiger charge is 2.45. The minimum atomic E-state index is -1.06. The van der Waals surface area contributed by atoms with Gasteiger partial charge in [0, 0.05) is 17.0 Å². The van der Waals surface area contributed by atoms with E-state index < -0.39 is 5.97 Å². The van der Waals surface area contributed by atoms with Gasteiger partial charge in [0.05, 0.1) is 12.0 Å². The largest absolute Gasteiger partial charge is 0.478 e. The molecule has 0 bridgehead atoms. The number of halogens is 2. The van der Waals surface area contributed by atoms with Crippen LogP contribution in [0.25, 0.3) is 0 Å². The summed E-state index contributed by atoms with van der Waals surface area (Å²) >= 11 is 6.14. The van der Waals surface area contributed by atoms with Crippen LogP contribution in [0.3, 0.4) is 0 Å². The maximum absolute atomic E-state index is 13.2. The molecule has 4 nitrogen and oxygen atoms in total. The summed E-state index contributed by atoms with van der Waals surface area (Å²) in [5.41, 5.74) is 1.17. The Morgan fingerprint density at radius 1 is 1.20 bits per heavy atom. The highest BCUT2D eigenvalue weighted by Crippen LogP contribution is 2.50. The molecule has 2 aromatic rings. The van der Waals surface area contributed by atoms with Crippen molar-refractivity contribution in [2.75, 3.05) is 6.54 Å². The van der Waals surface area contributed by atoms with Gasteiger partial charge < -0.3 is 10.4 Å². The fourth-order valence-electron chi connectivity index (χ4n) is 3.00. The molecule has 1 aliphatic rings. The highest BCUT2D eigenvalue weighted by molar-refractivity contribution is 6.31. The molecule has 0 radical (unpaired) electrons. The zero-order valence-corrected chi connectivity index (χ0v) is 14.1. The van der Waals surface area contributed by atoms with Crippen molar-refractivity contribution in [3.8, 4) is 0 Å². The summed E-state index contributed by atoms with van der Waals surface area (Å²) in [6, 6.07) is 10.7. The number of hydrogen-bond donors (Lipinski definition) is 2. The van der Waals surface area contributed by atoms with E-state index in [4.69, 9.17) is 11.6 Å². The van der Waals surface area contributed by atoms with E-state index in [1.807, 2.05) is 0 Å². The Balaban J connectivity index is 1.66. The van der Waals surface area contributed by atoms with Crippen molar-refractivity contribution in [1.29, 1.82) is 0 Å². The Hall–Kier alpha value is -2.40. The molecule has 1 saturated carbocycles. The van der Waals surface area contributed by atoms with E-state index in [0.717, 1.165) is 18.4 Å². The molecule has 3 rings (SSSR count). The number of rotatable bonds is 6. The van der Waals surface area contributed by atoms with Gasteiger partial charge in [-0.1, -0.05) is 35.9 Å². The van der Waals surface area contributed by atoms with Crippen LogP contribution in [0.5, 0.6) is 0 Å². The number of carboxylic acid groups (broad SMARTS) is 1. The summed E-state index contributed by atoms with van der Waals surface area (Å²) < 4.78 is 13.2. The van der Waals surface area contributed by atoms with E-state index >= 15 is 0 Å². The second-order valence-electron chi connectivity index (χ2n) is 6.32. The van der Waals surface area contributed by atoms with Crippen LogP contribution in [0.1, 0.15) is 34.3 Å². The molecule has 2 aromatic carbocycles. The fourth-order valence-corrected chi connectivity index (χ4v) is 3.37. The van der Waals surface area contributed by atoms with Crippen molar-refractivity contribution in [2.24, 2.45) is 0 Å². The van der Waals surface area contributed by atoms with Crippen LogP contribution >= 0.6 is 11.6 Å². The van der Waals surface area contributed by atoms with Crippen molar-refractivity contribution in [3.63, 3.8) is 0 Å². The van der Waals surface area contributed by atoms with Gasteiger partial charge >= 0.3 is 5.97 Å². The van der Waals surface area contributed by atoms with Gasteiger partial charge in [0.2, 0.25) is 5.91 Å². The van der Waals surface area contributed by atoms with E-state index in [-0.39, 0.29) is 29.1 Å². The van der Waals surface area contributed by atoms with Crippen molar-refractivity contribution in [2.45, 2.75) is 24.7 Å². The number of benzene rings is 2. The van der Waals surface area contributed by atoms with Crippen LogP contribution in [0.4, 0.5) is 4.39 Å². The molecule has 0 spiro atoms. The number of carbonyl (C=O) groups is 2. The first-order valence-corrected chi connectivity index (χ1v) is 8.32. The summed E-state index contributed by atoms with van der Waals surface area (Å²) in [5, 5.41) is 12.4. The molecule has 0 aromatic heterocycles. The second-order valence-corrected chi connectivity index (χ2v) is 6.73. The molecule has 6 heteroatoms. The number of amides is 1. The van der Waals surface area contributed by atoms with Crippen molar-refractivity contribution in [1.82, 2.24) is 5.32 Å². The predicted octanol–water partition coefficient (Wildman–Crippen LogP) is 3.57. The van der Waals surface area contributed by atoms with Crippen molar-refractivity contribution in [3.05, 3.63) is 70.0 Å².